The number of esters is 1. The summed E-state index contributed by atoms with van der Waals surface area (Å²) in [6, 6.07) is 6.16. The molecule has 0 aliphatic rings. The molecule has 0 aliphatic heterocycles. The lowest BCUT2D eigenvalue weighted by Gasteiger charge is -2.19. The second kappa shape index (κ2) is 7.83. The van der Waals surface area contributed by atoms with Gasteiger partial charge in [-0.05, 0) is 24.3 Å². The molecular weight excluding hydrogens is 391 g/mol. The minimum Gasteiger partial charge on any atom is -0.496 e. The van der Waals surface area contributed by atoms with Crippen molar-refractivity contribution in [2.45, 2.75) is 12.1 Å². The van der Waals surface area contributed by atoms with E-state index in [4.69, 9.17) is 21.1 Å². The molecule has 0 aliphatic carbocycles. The number of methoxy groups -OCH3 is 2. The van der Waals surface area contributed by atoms with Crippen molar-refractivity contribution >= 4 is 23.3 Å². The van der Waals surface area contributed by atoms with Crippen molar-refractivity contribution in [2.75, 3.05) is 14.2 Å². The number of nitro benzene ring substituents is 1. The summed E-state index contributed by atoms with van der Waals surface area (Å²) in [5.74, 6) is -2.16. The number of carbonyl (C=O) groups excluding carboxylic acids is 1. The van der Waals surface area contributed by atoms with Crippen LogP contribution >= 0.6 is 11.6 Å². The van der Waals surface area contributed by atoms with Gasteiger partial charge >= 0.3 is 12.1 Å². The summed E-state index contributed by atoms with van der Waals surface area (Å²) in [5, 5.41) is 11.6. The molecule has 0 aromatic heterocycles. The summed E-state index contributed by atoms with van der Waals surface area (Å²) in [7, 11) is 2.37. The molecule has 6 nitrogen and oxygen atoms in total. The number of ether oxygens (including phenoxy) is 2. The molecule has 0 saturated heterocycles. The third kappa shape index (κ3) is 4.30. The molecule has 0 heterocycles. The molecule has 2 aromatic rings. The van der Waals surface area contributed by atoms with Gasteiger partial charge in [0.25, 0.3) is 5.69 Å². The van der Waals surface area contributed by atoms with Crippen LogP contribution in [0.1, 0.15) is 22.6 Å². The highest BCUT2D eigenvalue weighted by molar-refractivity contribution is 6.30. The lowest BCUT2D eigenvalue weighted by atomic mass is 9.88. The molecule has 1 unspecified atom stereocenters. The van der Waals surface area contributed by atoms with Gasteiger partial charge in [-0.3, -0.25) is 14.9 Å². The van der Waals surface area contributed by atoms with Crippen LogP contribution in [0.15, 0.2) is 36.4 Å². The lowest BCUT2D eigenvalue weighted by Crippen LogP contribution is -2.18. The number of alkyl halides is 3. The van der Waals surface area contributed by atoms with E-state index in [2.05, 4.69) is 0 Å². The van der Waals surface area contributed by atoms with E-state index in [1.807, 2.05) is 0 Å². The maximum atomic E-state index is 12.9. The van der Waals surface area contributed by atoms with Crippen LogP contribution in [0.3, 0.4) is 0 Å². The number of carbonyl (C=O) groups is 1. The maximum absolute atomic E-state index is 12.9. The van der Waals surface area contributed by atoms with Crippen molar-refractivity contribution in [1.82, 2.24) is 0 Å². The fourth-order valence-corrected chi connectivity index (χ4v) is 2.77. The zero-order valence-electron chi connectivity index (χ0n) is 14.0. The standard InChI is InChI=1S/C17H13ClF3NO5/c1-26-14-6-4-10(18)8-12(14)15(16(23)27-2)11-5-3-9(17(19,20)21)7-13(11)22(24)25/h3-8,15H,1-2H3. The van der Waals surface area contributed by atoms with Crippen molar-refractivity contribution < 1.29 is 32.4 Å². The van der Waals surface area contributed by atoms with E-state index < -0.39 is 34.2 Å². The highest BCUT2D eigenvalue weighted by Gasteiger charge is 2.37. The quantitative estimate of drug-likeness (QED) is 0.415. The Morgan fingerprint density at radius 2 is 1.81 bits per heavy atom. The van der Waals surface area contributed by atoms with Crippen molar-refractivity contribution in [3.05, 3.63) is 68.2 Å². The summed E-state index contributed by atoms with van der Waals surface area (Å²) < 4.78 is 48.7. The first-order valence-corrected chi connectivity index (χ1v) is 7.74. The van der Waals surface area contributed by atoms with Crippen LogP contribution in [0.5, 0.6) is 5.75 Å². The van der Waals surface area contributed by atoms with Crippen molar-refractivity contribution in [3.8, 4) is 5.75 Å². The molecule has 0 fully saturated rings. The minimum atomic E-state index is -4.78. The molecule has 27 heavy (non-hydrogen) atoms. The minimum absolute atomic E-state index is 0.125. The molecule has 2 rings (SSSR count). The molecule has 1 atom stereocenters. The van der Waals surface area contributed by atoms with Gasteiger partial charge in [-0.15, -0.1) is 0 Å². The van der Waals surface area contributed by atoms with Crippen molar-refractivity contribution in [2.24, 2.45) is 0 Å². The number of rotatable bonds is 5. The van der Waals surface area contributed by atoms with E-state index in [1.165, 1.54) is 25.3 Å². The lowest BCUT2D eigenvalue weighted by molar-refractivity contribution is -0.385. The Balaban J connectivity index is 2.77. The zero-order chi connectivity index (χ0) is 20.4. The van der Waals surface area contributed by atoms with Crippen LogP contribution in [0.4, 0.5) is 18.9 Å². The van der Waals surface area contributed by atoms with Crippen molar-refractivity contribution in [1.29, 1.82) is 0 Å². The summed E-state index contributed by atoms with van der Waals surface area (Å²) in [5.41, 5.74) is -2.23. The predicted molar refractivity (Wildman–Crippen MR) is 90.0 cm³/mol. The average molecular weight is 404 g/mol. The average Bonchev–Trinajstić information content (AvgIpc) is 2.61. The van der Waals surface area contributed by atoms with E-state index in [1.54, 1.807) is 0 Å². The van der Waals surface area contributed by atoms with E-state index in [0.29, 0.717) is 12.1 Å². The maximum Gasteiger partial charge on any atom is 0.416 e. The van der Waals surface area contributed by atoms with Gasteiger partial charge < -0.3 is 9.47 Å². The van der Waals surface area contributed by atoms with Crippen LogP contribution in [0.25, 0.3) is 0 Å². The molecule has 2 aromatic carbocycles. The Bertz CT molecular complexity index is 885. The van der Waals surface area contributed by atoms with Gasteiger partial charge in [-0.25, -0.2) is 0 Å². The molecule has 0 bridgehead atoms. The molecule has 0 N–H and O–H groups in total. The van der Waals surface area contributed by atoms with Crippen LogP contribution in [0, 0.1) is 10.1 Å². The number of benzene rings is 2. The number of hydrogen-bond donors (Lipinski definition) is 0. The van der Waals surface area contributed by atoms with Crippen LogP contribution in [-0.4, -0.2) is 25.1 Å². The second-order valence-electron chi connectivity index (χ2n) is 5.37. The van der Waals surface area contributed by atoms with Crippen LogP contribution < -0.4 is 4.74 Å². The first kappa shape index (κ1) is 20.5. The summed E-state index contributed by atoms with van der Waals surface area (Å²) in [6.45, 7) is 0. The number of nitrogens with zero attached hydrogens (tertiary/aromatic N) is 1. The fourth-order valence-electron chi connectivity index (χ4n) is 2.59. The summed E-state index contributed by atoms with van der Waals surface area (Å²) in [4.78, 5) is 22.8. The largest absolute Gasteiger partial charge is 0.496 e. The van der Waals surface area contributed by atoms with Gasteiger partial charge in [0.1, 0.15) is 11.7 Å². The molecule has 10 heteroatoms. The summed E-state index contributed by atoms with van der Waals surface area (Å²) in [6.07, 6.45) is -4.78. The molecule has 0 amide bonds. The molecule has 0 spiro atoms. The predicted octanol–water partition coefficient (Wildman–Crippen LogP) is 4.58. The number of hydrogen-bond acceptors (Lipinski definition) is 5. The monoisotopic (exact) mass is 403 g/mol. The highest BCUT2D eigenvalue weighted by Crippen LogP contribution is 2.41. The molecular formula is C17H13ClF3NO5. The van der Waals surface area contributed by atoms with Gasteiger partial charge in [0.05, 0.1) is 24.7 Å². The number of nitro groups is 1. The first-order valence-electron chi connectivity index (χ1n) is 7.37. The Hall–Kier alpha value is -2.81. The van der Waals surface area contributed by atoms with Gasteiger partial charge in [0.15, 0.2) is 0 Å². The van der Waals surface area contributed by atoms with Gasteiger partial charge in [0, 0.05) is 22.2 Å². The van der Waals surface area contributed by atoms with Crippen molar-refractivity contribution in [3.63, 3.8) is 0 Å². The Kier molecular flexibility index (Phi) is 5.94. The third-order valence-corrected chi connectivity index (χ3v) is 4.04. The van der Waals surface area contributed by atoms with E-state index in [-0.39, 0.29) is 21.9 Å². The molecule has 0 radical (unpaired) electrons. The topological polar surface area (TPSA) is 78.7 Å². The number of halogens is 4. The van der Waals surface area contributed by atoms with E-state index >= 15 is 0 Å². The van der Waals surface area contributed by atoms with E-state index in [0.717, 1.165) is 13.2 Å². The SMILES string of the molecule is COC(=O)C(c1cc(Cl)ccc1OC)c1ccc(C(F)(F)F)cc1[N+](=O)[O-]. The molecule has 144 valence electrons. The summed E-state index contributed by atoms with van der Waals surface area (Å²) >= 11 is 5.95. The fraction of sp³-hybridized carbons (Fsp3) is 0.235. The van der Waals surface area contributed by atoms with E-state index in [9.17, 15) is 28.1 Å². The van der Waals surface area contributed by atoms with Crippen LogP contribution in [0.2, 0.25) is 5.02 Å². The van der Waals surface area contributed by atoms with Gasteiger partial charge in [0.2, 0.25) is 0 Å². The molecule has 0 saturated carbocycles. The third-order valence-electron chi connectivity index (χ3n) is 3.81. The van der Waals surface area contributed by atoms with Crippen LogP contribution in [-0.2, 0) is 15.7 Å². The smallest absolute Gasteiger partial charge is 0.416 e. The Morgan fingerprint density at radius 3 is 2.33 bits per heavy atom. The first-order chi connectivity index (χ1) is 12.6. The Morgan fingerprint density at radius 1 is 1.15 bits per heavy atom. The Labute approximate surface area is 156 Å². The van der Waals surface area contributed by atoms with Gasteiger partial charge in [-0.2, -0.15) is 13.2 Å². The normalized spacial score (nSPS) is 12.4. The zero-order valence-corrected chi connectivity index (χ0v) is 14.8. The second-order valence-corrected chi connectivity index (χ2v) is 5.81. The highest BCUT2D eigenvalue weighted by atomic mass is 35.5. The van der Waals surface area contributed by atoms with Gasteiger partial charge in [-0.1, -0.05) is 17.7 Å².